The zero-order valence-corrected chi connectivity index (χ0v) is 10.8. The second-order valence-electron chi connectivity index (χ2n) is 4.33. The maximum atomic E-state index is 12.0. The number of amides is 1. The number of nitrogen functional groups attached to an aromatic ring is 1. The molecule has 0 aliphatic rings. The van der Waals surface area contributed by atoms with Gasteiger partial charge in [-0.15, -0.1) is 0 Å². The molecule has 0 radical (unpaired) electrons. The predicted octanol–water partition coefficient (Wildman–Crippen LogP) is 1.40. The quantitative estimate of drug-likeness (QED) is 0.570. The number of aromatic nitrogens is 3. The van der Waals surface area contributed by atoms with Crippen molar-refractivity contribution in [2.24, 2.45) is 5.84 Å². The van der Waals surface area contributed by atoms with Crippen LogP contribution in [0.25, 0.3) is 0 Å². The Morgan fingerprint density at radius 2 is 2.16 bits per heavy atom. The molecule has 2 aromatic rings. The zero-order valence-electron chi connectivity index (χ0n) is 10.8. The molecule has 0 aliphatic carbocycles. The fourth-order valence-corrected chi connectivity index (χ4v) is 1.50. The van der Waals surface area contributed by atoms with Crippen molar-refractivity contribution in [3.63, 3.8) is 0 Å². The van der Waals surface area contributed by atoms with Gasteiger partial charge in [0.2, 0.25) is 0 Å². The Morgan fingerprint density at radius 3 is 2.68 bits per heavy atom. The molecule has 2 heterocycles. The molecule has 0 saturated carbocycles. The van der Waals surface area contributed by atoms with Crippen molar-refractivity contribution >= 4 is 17.4 Å². The molecule has 7 heteroatoms. The van der Waals surface area contributed by atoms with Crippen LogP contribution in [0.4, 0.5) is 11.5 Å². The number of hydrogen-bond donors (Lipinski definition) is 3. The minimum Gasteiger partial charge on any atom is -0.319 e. The normalized spacial score (nSPS) is 10.5. The Kier molecular flexibility index (Phi) is 3.76. The molecule has 0 saturated heterocycles. The van der Waals surface area contributed by atoms with E-state index in [0.717, 1.165) is 0 Å². The van der Waals surface area contributed by atoms with Crippen molar-refractivity contribution in [3.05, 3.63) is 36.3 Å². The van der Waals surface area contributed by atoms with E-state index in [0.29, 0.717) is 17.1 Å². The third-order valence-corrected chi connectivity index (χ3v) is 2.56. The smallest absolute Gasteiger partial charge is 0.257 e. The van der Waals surface area contributed by atoms with Crippen LogP contribution in [0.3, 0.4) is 0 Å². The molecule has 0 aromatic carbocycles. The maximum Gasteiger partial charge on any atom is 0.257 e. The summed E-state index contributed by atoms with van der Waals surface area (Å²) in [5.41, 5.74) is 3.51. The van der Waals surface area contributed by atoms with Gasteiger partial charge < -0.3 is 10.7 Å². The van der Waals surface area contributed by atoms with Crippen molar-refractivity contribution < 1.29 is 4.79 Å². The molecule has 19 heavy (non-hydrogen) atoms. The Balaban J connectivity index is 2.06. The summed E-state index contributed by atoms with van der Waals surface area (Å²) < 4.78 is 1.77. The van der Waals surface area contributed by atoms with Gasteiger partial charge in [-0.1, -0.05) is 0 Å². The van der Waals surface area contributed by atoms with Crippen LogP contribution in [0, 0.1) is 0 Å². The first-order chi connectivity index (χ1) is 9.10. The highest BCUT2D eigenvalue weighted by Gasteiger charge is 2.08. The molecule has 0 bridgehead atoms. The second kappa shape index (κ2) is 5.49. The van der Waals surface area contributed by atoms with Gasteiger partial charge in [0.15, 0.2) is 0 Å². The third-order valence-electron chi connectivity index (χ3n) is 2.56. The molecule has 4 N–H and O–H groups in total. The van der Waals surface area contributed by atoms with E-state index in [9.17, 15) is 4.79 Å². The van der Waals surface area contributed by atoms with Gasteiger partial charge in [0.25, 0.3) is 5.91 Å². The summed E-state index contributed by atoms with van der Waals surface area (Å²) in [5, 5.41) is 6.91. The number of pyridine rings is 1. The van der Waals surface area contributed by atoms with Crippen LogP contribution in [0.2, 0.25) is 0 Å². The van der Waals surface area contributed by atoms with Gasteiger partial charge in [-0.25, -0.2) is 10.8 Å². The molecule has 2 rings (SSSR count). The lowest BCUT2D eigenvalue weighted by Crippen LogP contribution is -2.13. The summed E-state index contributed by atoms with van der Waals surface area (Å²) >= 11 is 0. The maximum absolute atomic E-state index is 12.0. The highest BCUT2D eigenvalue weighted by molar-refractivity contribution is 6.04. The molecule has 0 spiro atoms. The lowest BCUT2D eigenvalue weighted by atomic mass is 10.2. The van der Waals surface area contributed by atoms with Crippen LogP contribution >= 0.6 is 0 Å². The zero-order chi connectivity index (χ0) is 13.8. The standard InChI is InChI=1S/C12H16N6O/c1-8(2)18-7-10(6-15-18)16-12(19)9-3-4-11(17-13)14-5-9/h3-8H,13H2,1-2H3,(H,14,17)(H,16,19). The molecular formula is C12H16N6O. The Labute approximate surface area is 110 Å². The van der Waals surface area contributed by atoms with E-state index in [2.05, 4.69) is 20.8 Å². The van der Waals surface area contributed by atoms with Gasteiger partial charge >= 0.3 is 0 Å². The van der Waals surface area contributed by atoms with Crippen LogP contribution in [0.15, 0.2) is 30.7 Å². The van der Waals surface area contributed by atoms with E-state index in [-0.39, 0.29) is 11.9 Å². The second-order valence-corrected chi connectivity index (χ2v) is 4.33. The van der Waals surface area contributed by atoms with Crippen LogP contribution in [0.5, 0.6) is 0 Å². The SMILES string of the molecule is CC(C)n1cc(NC(=O)c2ccc(NN)nc2)cn1. The number of carbonyl (C=O) groups excluding carboxylic acids is 1. The van der Waals surface area contributed by atoms with Gasteiger partial charge in [0.05, 0.1) is 17.4 Å². The average Bonchev–Trinajstić information content (AvgIpc) is 2.87. The number of hydrazine groups is 1. The lowest BCUT2D eigenvalue weighted by Gasteiger charge is -2.04. The molecule has 1 amide bonds. The number of nitrogens with two attached hydrogens (primary N) is 1. The molecule has 0 unspecified atom stereocenters. The van der Waals surface area contributed by atoms with Gasteiger partial charge in [0, 0.05) is 18.4 Å². The van der Waals surface area contributed by atoms with Crippen LogP contribution in [-0.4, -0.2) is 20.7 Å². The fourth-order valence-electron chi connectivity index (χ4n) is 1.50. The summed E-state index contributed by atoms with van der Waals surface area (Å²) in [6.45, 7) is 4.03. The van der Waals surface area contributed by atoms with Crippen LogP contribution < -0.4 is 16.6 Å². The summed E-state index contributed by atoms with van der Waals surface area (Å²) in [6.07, 6.45) is 4.85. The van der Waals surface area contributed by atoms with Gasteiger partial charge in [-0.2, -0.15) is 5.10 Å². The minimum absolute atomic E-state index is 0.237. The first-order valence-corrected chi connectivity index (χ1v) is 5.88. The van der Waals surface area contributed by atoms with E-state index in [4.69, 9.17) is 5.84 Å². The first-order valence-electron chi connectivity index (χ1n) is 5.88. The van der Waals surface area contributed by atoms with Gasteiger partial charge in [-0.3, -0.25) is 9.48 Å². The first kappa shape index (κ1) is 13.0. The van der Waals surface area contributed by atoms with Crippen molar-refractivity contribution in [2.45, 2.75) is 19.9 Å². The number of anilines is 2. The lowest BCUT2D eigenvalue weighted by molar-refractivity contribution is 0.102. The van der Waals surface area contributed by atoms with Gasteiger partial charge in [0.1, 0.15) is 5.82 Å². The van der Waals surface area contributed by atoms with Crippen LogP contribution in [0.1, 0.15) is 30.2 Å². The van der Waals surface area contributed by atoms with Crippen molar-refractivity contribution in [1.82, 2.24) is 14.8 Å². The van der Waals surface area contributed by atoms with Crippen LogP contribution in [-0.2, 0) is 0 Å². The Morgan fingerprint density at radius 1 is 1.37 bits per heavy atom. The van der Waals surface area contributed by atoms with Crippen molar-refractivity contribution in [2.75, 3.05) is 10.7 Å². The molecule has 2 aromatic heterocycles. The highest BCUT2D eigenvalue weighted by atomic mass is 16.1. The molecule has 100 valence electrons. The third kappa shape index (κ3) is 3.08. The molecule has 0 aliphatic heterocycles. The Hall–Kier alpha value is -2.41. The molecule has 7 nitrogen and oxygen atoms in total. The largest absolute Gasteiger partial charge is 0.319 e. The number of rotatable bonds is 4. The number of carbonyl (C=O) groups is 1. The van der Waals surface area contributed by atoms with E-state index in [1.165, 1.54) is 6.20 Å². The summed E-state index contributed by atoms with van der Waals surface area (Å²) in [5.74, 6) is 5.47. The summed E-state index contributed by atoms with van der Waals surface area (Å²) in [6, 6.07) is 3.53. The topological polar surface area (TPSA) is 97.9 Å². The number of hydrogen-bond acceptors (Lipinski definition) is 5. The van der Waals surface area contributed by atoms with E-state index < -0.39 is 0 Å². The summed E-state index contributed by atoms with van der Waals surface area (Å²) in [7, 11) is 0. The van der Waals surface area contributed by atoms with Crippen molar-refractivity contribution in [1.29, 1.82) is 0 Å². The average molecular weight is 260 g/mol. The van der Waals surface area contributed by atoms with Crippen molar-refractivity contribution in [3.8, 4) is 0 Å². The predicted molar refractivity (Wildman–Crippen MR) is 72.6 cm³/mol. The minimum atomic E-state index is -0.237. The molecular weight excluding hydrogens is 244 g/mol. The van der Waals surface area contributed by atoms with Gasteiger partial charge in [-0.05, 0) is 26.0 Å². The number of nitrogens with one attached hydrogen (secondary N) is 2. The van der Waals surface area contributed by atoms with E-state index in [1.807, 2.05) is 13.8 Å². The van der Waals surface area contributed by atoms with E-state index >= 15 is 0 Å². The van der Waals surface area contributed by atoms with E-state index in [1.54, 1.807) is 29.2 Å². The Bertz CT molecular complexity index is 560. The fraction of sp³-hybridized carbons (Fsp3) is 0.250. The molecule has 0 atom stereocenters. The highest BCUT2D eigenvalue weighted by Crippen LogP contribution is 2.12. The summed E-state index contributed by atoms with van der Waals surface area (Å²) in [4.78, 5) is 15.9. The monoisotopic (exact) mass is 260 g/mol. The number of nitrogens with zero attached hydrogens (tertiary/aromatic N) is 3. The molecule has 0 fully saturated rings.